The van der Waals surface area contributed by atoms with E-state index in [9.17, 15) is 4.79 Å². The zero-order valence-electron chi connectivity index (χ0n) is 6.50. The van der Waals surface area contributed by atoms with E-state index in [1.165, 1.54) is 6.92 Å². The van der Waals surface area contributed by atoms with Crippen LogP contribution in [0.4, 0.5) is 0 Å². The summed E-state index contributed by atoms with van der Waals surface area (Å²) >= 11 is 0. The van der Waals surface area contributed by atoms with Gasteiger partial charge in [-0.3, -0.25) is 4.79 Å². The van der Waals surface area contributed by atoms with E-state index in [4.69, 9.17) is 0 Å². The maximum Gasteiger partial charge on any atom is 0.221 e. The van der Waals surface area contributed by atoms with Crippen molar-refractivity contribution in [3.8, 4) is 0 Å². The van der Waals surface area contributed by atoms with Gasteiger partial charge in [-0.05, 0) is 6.08 Å². The molecule has 0 unspecified atom stereocenters. The Bertz CT molecular complexity index is 236. The maximum absolute atomic E-state index is 10.6. The first-order valence-electron chi connectivity index (χ1n) is 3.59. The predicted octanol–water partition coefficient (Wildman–Crippen LogP) is 1.52. The zero-order valence-corrected chi connectivity index (χ0v) is 6.50. The highest BCUT2D eigenvalue weighted by Crippen LogP contribution is 2.02. The van der Waals surface area contributed by atoms with Crippen LogP contribution < -0.4 is 5.32 Å². The minimum Gasteiger partial charge on any atom is -0.330 e. The number of allylic oxidation sites excluding steroid dienone is 5. The molecule has 0 atom stereocenters. The van der Waals surface area contributed by atoms with Crippen molar-refractivity contribution in [3.63, 3.8) is 0 Å². The number of carbonyl (C=O) groups excluding carboxylic acids is 1. The fourth-order valence-corrected chi connectivity index (χ4v) is 0.896. The van der Waals surface area contributed by atoms with E-state index in [-0.39, 0.29) is 5.91 Å². The Morgan fingerprint density at radius 2 is 2.27 bits per heavy atom. The number of hydrogen-bond acceptors (Lipinski definition) is 1. The molecule has 2 heteroatoms. The fourth-order valence-electron chi connectivity index (χ4n) is 0.896. The van der Waals surface area contributed by atoms with E-state index in [0.29, 0.717) is 0 Å². The first-order chi connectivity index (χ1) is 5.29. The van der Waals surface area contributed by atoms with Crippen LogP contribution in [0.5, 0.6) is 0 Å². The molecular weight excluding hydrogens is 138 g/mol. The highest BCUT2D eigenvalue weighted by atomic mass is 16.1. The molecule has 0 saturated heterocycles. The summed E-state index contributed by atoms with van der Waals surface area (Å²) in [7, 11) is 0. The third-order valence-corrected chi connectivity index (χ3v) is 1.33. The number of rotatable bonds is 1. The molecule has 0 bridgehead atoms. The molecule has 1 rings (SSSR count). The van der Waals surface area contributed by atoms with E-state index in [1.807, 2.05) is 30.4 Å². The molecule has 1 aliphatic rings. The topological polar surface area (TPSA) is 29.1 Å². The van der Waals surface area contributed by atoms with Crippen molar-refractivity contribution in [2.75, 3.05) is 0 Å². The summed E-state index contributed by atoms with van der Waals surface area (Å²) < 4.78 is 0. The van der Waals surface area contributed by atoms with Gasteiger partial charge in [0.1, 0.15) is 0 Å². The highest BCUT2D eigenvalue weighted by molar-refractivity contribution is 5.75. The molecule has 2 nitrogen and oxygen atoms in total. The molecule has 1 N–H and O–H groups in total. The average Bonchev–Trinajstić information content (AvgIpc) is 2.14. The Morgan fingerprint density at radius 3 is 3.00 bits per heavy atom. The predicted molar refractivity (Wildman–Crippen MR) is 44.8 cm³/mol. The number of hydrogen-bond donors (Lipinski definition) is 1. The monoisotopic (exact) mass is 149 g/mol. The van der Waals surface area contributed by atoms with Crippen LogP contribution in [0.1, 0.15) is 13.3 Å². The van der Waals surface area contributed by atoms with Gasteiger partial charge in [-0.15, -0.1) is 0 Å². The van der Waals surface area contributed by atoms with Crippen LogP contribution in [0.15, 0.2) is 36.1 Å². The van der Waals surface area contributed by atoms with Gasteiger partial charge in [-0.25, -0.2) is 0 Å². The van der Waals surface area contributed by atoms with Crippen molar-refractivity contribution in [1.29, 1.82) is 0 Å². The molecule has 11 heavy (non-hydrogen) atoms. The van der Waals surface area contributed by atoms with E-state index >= 15 is 0 Å². The molecule has 0 heterocycles. The van der Waals surface area contributed by atoms with E-state index in [0.717, 1.165) is 12.1 Å². The summed E-state index contributed by atoms with van der Waals surface area (Å²) in [6.45, 7) is 1.51. The molecule has 0 aromatic heterocycles. The second kappa shape index (κ2) is 3.76. The van der Waals surface area contributed by atoms with Crippen LogP contribution >= 0.6 is 0 Å². The lowest BCUT2D eigenvalue weighted by molar-refractivity contribution is -0.118. The van der Waals surface area contributed by atoms with Gasteiger partial charge >= 0.3 is 0 Å². The largest absolute Gasteiger partial charge is 0.330 e. The van der Waals surface area contributed by atoms with Gasteiger partial charge < -0.3 is 5.32 Å². The van der Waals surface area contributed by atoms with E-state index in [2.05, 4.69) is 5.32 Å². The molecule has 0 aromatic rings. The van der Waals surface area contributed by atoms with Crippen molar-refractivity contribution < 1.29 is 4.79 Å². The van der Waals surface area contributed by atoms with E-state index < -0.39 is 0 Å². The minimum absolute atomic E-state index is 0.0139. The summed E-state index contributed by atoms with van der Waals surface area (Å²) in [6.07, 6.45) is 10.5. The smallest absolute Gasteiger partial charge is 0.221 e. The Balaban J connectivity index is 2.57. The summed E-state index contributed by atoms with van der Waals surface area (Å²) in [4.78, 5) is 10.6. The Kier molecular flexibility index (Phi) is 2.66. The quantitative estimate of drug-likeness (QED) is 0.601. The lowest BCUT2D eigenvalue weighted by atomic mass is 10.3. The second-order valence-electron chi connectivity index (χ2n) is 2.39. The van der Waals surface area contributed by atoms with Crippen molar-refractivity contribution >= 4 is 5.91 Å². The molecular formula is C9H11NO. The van der Waals surface area contributed by atoms with Crippen LogP contribution in [-0.4, -0.2) is 5.91 Å². The van der Waals surface area contributed by atoms with Gasteiger partial charge in [0.2, 0.25) is 5.91 Å². The van der Waals surface area contributed by atoms with Crippen LogP contribution in [-0.2, 0) is 4.79 Å². The lowest BCUT2D eigenvalue weighted by Crippen LogP contribution is -2.18. The molecule has 0 saturated carbocycles. The molecule has 0 radical (unpaired) electrons. The zero-order chi connectivity index (χ0) is 8.10. The van der Waals surface area contributed by atoms with Crippen molar-refractivity contribution in [1.82, 2.24) is 5.32 Å². The average molecular weight is 149 g/mol. The Labute approximate surface area is 66.3 Å². The number of amides is 1. The standard InChI is InChI=1S/C9H11NO/c1-8(11)10-9-6-4-2-3-5-7-9/h2-6H,7H2,1H3,(H,10,11). The first kappa shape index (κ1) is 7.79. The van der Waals surface area contributed by atoms with Crippen LogP contribution in [0.3, 0.4) is 0 Å². The van der Waals surface area contributed by atoms with Gasteiger partial charge in [-0.1, -0.05) is 24.3 Å². The summed E-state index contributed by atoms with van der Waals surface area (Å²) in [5.41, 5.74) is 0.947. The van der Waals surface area contributed by atoms with Crippen LogP contribution in [0.2, 0.25) is 0 Å². The lowest BCUT2D eigenvalue weighted by Gasteiger charge is -2.02. The van der Waals surface area contributed by atoms with Gasteiger partial charge in [0.25, 0.3) is 0 Å². The SMILES string of the molecule is CC(=O)NC1=CC=CC=CC1. The van der Waals surface area contributed by atoms with Gasteiger partial charge in [0, 0.05) is 19.0 Å². The van der Waals surface area contributed by atoms with Crippen LogP contribution in [0, 0.1) is 0 Å². The molecule has 0 spiro atoms. The van der Waals surface area contributed by atoms with Crippen molar-refractivity contribution in [3.05, 3.63) is 36.1 Å². The Hall–Kier alpha value is -1.31. The molecule has 0 aromatic carbocycles. The summed E-state index contributed by atoms with van der Waals surface area (Å²) in [6, 6.07) is 0. The molecule has 1 amide bonds. The third kappa shape index (κ3) is 2.85. The highest BCUT2D eigenvalue weighted by Gasteiger charge is 1.96. The molecule has 1 aliphatic carbocycles. The van der Waals surface area contributed by atoms with Crippen molar-refractivity contribution in [2.24, 2.45) is 0 Å². The van der Waals surface area contributed by atoms with Gasteiger partial charge in [0.05, 0.1) is 0 Å². The molecule has 0 fully saturated rings. The maximum atomic E-state index is 10.6. The first-order valence-corrected chi connectivity index (χ1v) is 3.59. The summed E-state index contributed by atoms with van der Waals surface area (Å²) in [5, 5.41) is 2.74. The minimum atomic E-state index is -0.0139. The summed E-state index contributed by atoms with van der Waals surface area (Å²) in [5.74, 6) is -0.0139. The normalized spacial score (nSPS) is 15.5. The molecule has 58 valence electrons. The fraction of sp³-hybridized carbons (Fsp3) is 0.222. The van der Waals surface area contributed by atoms with E-state index in [1.54, 1.807) is 0 Å². The molecule has 0 aliphatic heterocycles. The second-order valence-corrected chi connectivity index (χ2v) is 2.39. The third-order valence-electron chi connectivity index (χ3n) is 1.33. The Morgan fingerprint density at radius 1 is 1.45 bits per heavy atom. The van der Waals surface area contributed by atoms with Gasteiger partial charge in [-0.2, -0.15) is 0 Å². The number of carbonyl (C=O) groups is 1. The van der Waals surface area contributed by atoms with Crippen LogP contribution in [0.25, 0.3) is 0 Å². The van der Waals surface area contributed by atoms with Gasteiger partial charge in [0.15, 0.2) is 0 Å². The number of nitrogens with one attached hydrogen (secondary N) is 1. The van der Waals surface area contributed by atoms with Crippen molar-refractivity contribution in [2.45, 2.75) is 13.3 Å².